The van der Waals surface area contributed by atoms with Gasteiger partial charge in [0.2, 0.25) is 0 Å². The van der Waals surface area contributed by atoms with Crippen molar-refractivity contribution in [2.75, 3.05) is 19.7 Å². The van der Waals surface area contributed by atoms with Crippen LogP contribution in [0.1, 0.15) is 29.4 Å². The van der Waals surface area contributed by atoms with Gasteiger partial charge in [0.15, 0.2) is 0 Å². The van der Waals surface area contributed by atoms with Gasteiger partial charge < -0.3 is 9.84 Å². The summed E-state index contributed by atoms with van der Waals surface area (Å²) < 4.78 is 5.61. The summed E-state index contributed by atoms with van der Waals surface area (Å²) in [6, 6.07) is 3.50. The van der Waals surface area contributed by atoms with Gasteiger partial charge in [0, 0.05) is 25.8 Å². The zero-order valence-electron chi connectivity index (χ0n) is 10.5. The summed E-state index contributed by atoms with van der Waals surface area (Å²) in [6.45, 7) is 5.41. The van der Waals surface area contributed by atoms with Gasteiger partial charge in [-0.15, -0.1) is 0 Å². The monoisotopic (exact) mass is 250 g/mol. The summed E-state index contributed by atoms with van der Waals surface area (Å²) in [7, 11) is 0. The van der Waals surface area contributed by atoms with Gasteiger partial charge in [0.25, 0.3) is 0 Å². The van der Waals surface area contributed by atoms with Gasteiger partial charge in [-0.2, -0.15) is 0 Å². The first-order chi connectivity index (χ1) is 8.69. The van der Waals surface area contributed by atoms with Crippen LogP contribution in [0.15, 0.2) is 18.3 Å². The number of nitrogens with zero attached hydrogens (tertiary/aromatic N) is 2. The van der Waals surface area contributed by atoms with Gasteiger partial charge in [-0.05, 0) is 24.1 Å². The molecule has 2 heterocycles. The molecule has 1 aliphatic rings. The second-order valence-electron chi connectivity index (χ2n) is 4.49. The number of aromatic carboxylic acids is 1. The number of morpholine rings is 1. The molecule has 1 aliphatic heterocycles. The molecular weight excluding hydrogens is 232 g/mol. The Bertz CT molecular complexity index is 422. The van der Waals surface area contributed by atoms with Crippen LogP contribution in [0.2, 0.25) is 0 Å². The smallest absolute Gasteiger partial charge is 0.354 e. The first kappa shape index (κ1) is 13.0. The van der Waals surface area contributed by atoms with Crippen LogP contribution in [-0.4, -0.2) is 46.8 Å². The molecule has 5 nitrogen and oxygen atoms in total. The van der Waals surface area contributed by atoms with Crippen molar-refractivity contribution in [1.82, 2.24) is 9.88 Å². The fourth-order valence-corrected chi connectivity index (χ4v) is 2.12. The van der Waals surface area contributed by atoms with E-state index in [0.29, 0.717) is 6.10 Å². The van der Waals surface area contributed by atoms with E-state index in [4.69, 9.17) is 9.84 Å². The maximum Gasteiger partial charge on any atom is 0.354 e. The Balaban J connectivity index is 2.00. The third-order valence-corrected chi connectivity index (χ3v) is 3.13. The van der Waals surface area contributed by atoms with Crippen LogP contribution in [0, 0.1) is 0 Å². The summed E-state index contributed by atoms with van der Waals surface area (Å²) in [5.41, 5.74) is 1.09. The molecule has 1 aromatic heterocycles. The number of pyridine rings is 1. The number of ether oxygens (including phenoxy) is 1. The van der Waals surface area contributed by atoms with Crippen molar-refractivity contribution in [3.63, 3.8) is 0 Å². The van der Waals surface area contributed by atoms with Crippen molar-refractivity contribution in [2.45, 2.75) is 26.0 Å². The highest BCUT2D eigenvalue weighted by Gasteiger charge is 2.19. The Morgan fingerprint density at radius 3 is 3.22 bits per heavy atom. The Kier molecular flexibility index (Phi) is 4.28. The largest absolute Gasteiger partial charge is 0.477 e. The minimum atomic E-state index is -0.981. The number of hydrogen-bond acceptors (Lipinski definition) is 4. The van der Waals surface area contributed by atoms with Gasteiger partial charge in [0.1, 0.15) is 5.69 Å². The summed E-state index contributed by atoms with van der Waals surface area (Å²) in [5.74, 6) is -0.981. The molecule has 1 N–H and O–H groups in total. The number of carbonyl (C=O) groups is 1. The highest BCUT2D eigenvalue weighted by molar-refractivity contribution is 5.85. The van der Waals surface area contributed by atoms with Crippen molar-refractivity contribution >= 4 is 5.97 Å². The third kappa shape index (κ3) is 3.27. The summed E-state index contributed by atoms with van der Waals surface area (Å²) >= 11 is 0. The molecule has 98 valence electrons. The summed E-state index contributed by atoms with van der Waals surface area (Å²) in [4.78, 5) is 17.0. The predicted molar refractivity (Wildman–Crippen MR) is 66.5 cm³/mol. The van der Waals surface area contributed by atoms with Crippen LogP contribution in [-0.2, 0) is 11.3 Å². The Morgan fingerprint density at radius 2 is 2.50 bits per heavy atom. The Morgan fingerprint density at radius 1 is 1.67 bits per heavy atom. The average Bonchev–Trinajstić information content (AvgIpc) is 2.39. The van der Waals surface area contributed by atoms with Gasteiger partial charge >= 0.3 is 5.97 Å². The average molecular weight is 250 g/mol. The molecule has 1 fully saturated rings. The molecule has 5 heteroatoms. The maximum atomic E-state index is 10.8. The second kappa shape index (κ2) is 5.93. The van der Waals surface area contributed by atoms with Crippen LogP contribution in [0.25, 0.3) is 0 Å². The molecule has 0 bridgehead atoms. The van der Waals surface area contributed by atoms with Crippen molar-refractivity contribution < 1.29 is 14.6 Å². The van der Waals surface area contributed by atoms with Crippen molar-refractivity contribution in [2.24, 2.45) is 0 Å². The molecule has 1 unspecified atom stereocenters. The van der Waals surface area contributed by atoms with Crippen molar-refractivity contribution in [3.05, 3.63) is 29.6 Å². The molecule has 1 atom stereocenters. The number of hydrogen-bond donors (Lipinski definition) is 1. The van der Waals surface area contributed by atoms with E-state index in [1.54, 1.807) is 12.3 Å². The lowest BCUT2D eigenvalue weighted by molar-refractivity contribution is -0.0324. The molecule has 0 saturated carbocycles. The van der Waals surface area contributed by atoms with Crippen LogP contribution < -0.4 is 0 Å². The fourth-order valence-electron chi connectivity index (χ4n) is 2.12. The number of carboxylic acid groups (broad SMARTS) is 1. The third-order valence-electron chi connectivity index (χ3n) is 3.13. The predicted octanol–water partition coefficient (Wildman–Crippen LogP) is 1.39. The molecule has 1 saturated heterocycles. The van der Waals surface area contributed by atoms with E-state index >= 15 is 0 Å². The first-order valence-corrected chi connectivity index (χ1v) is 6.21. The second-order valence-corrected chi connectivity index (χ2v) is 4.49. The van der Waals surface area contributed by atoms with E-state index in [1.165, 1.54) is 0 Å². The van der Waals surface area contributed by atoms with E-state index < -0.39 is 5.97 Å². The Labute approximate surface area is 106 Å². The van der Waals surface area contributed by atoms with Crippen molar-refractivity contribution in [3.8, 4) is 0 Å². The SMILES string of the molecule is CCC1CN(Cc2ccnc(C(=O)O)c2)CCO1. The lowest BCUT2D eigenvalue weighted by atomic mass is 10.1. The fraction of sp³-hybridized carbons (Fsp3) is 0.538. The first-order valence-electron chi connectivity index (χ1n) is 6.21. The number of rotatable bonds is 4. The lowest BCUT2D eigenvalue weighted by Crippen LogP contribution is -2.41. The molecule has 0 aliphatic carbocycles. The van der Waals surface area contributed by atoms with Crippen LogP contribution in [0.5, 0.6) is 0 Å². The standard InChI is InChI=1S/C13H18N2O3/c1-2-11-9-15(5-6-18-11)8-10-3-4-14-12(7-10)13(16)17/h3-4,7,11H,2,5-6,8-9H2,1H3,(H,16,17). The molecule has 0 amide bonds. The van der Waals surface area contributed by atoms with Gasteiger partial charge in [-0.25, -0.2) is 9.78 Å². The van der Waals surface area contributed by atoms with E-state index in [9.17, 15) is 4.79 Å². The zero-order chi connectivity index (χ0) is 13.0. The van der Waals surface area contributed by atoms with Gasteiger partial charge in [-0.3, -0.25) is 4.90 Å². The number of carboxylic acids is 1. The van der Waals surface area contributed by atoms with Gasteiger partial charge in [-0.1, -0.05) is 6.92 Å². The molecular formula is C13H18N2O3. The Hall–Kier alpha value is -1.46. The molecule has 18 heavy (non-hydrogen) atoms. The van der Waals surface area contributed by atoms with Crippen LogP contribution in [0.4, 0.5) is 0 Å². The topological polar surface area (TPSA) is 62.7 Å². The van der Waals surface area contributed by atoms with E-state index in [1.807, 2.05) is 6.07 Å². The highest BCUT2D eigenvalue weighted by atomic mass is 16.5. The van der Waals surface area contributed by atoms with Crippen molar-refractivity contribution in [1.29, 1.82) is 0 Å². The highest BCUT2D eigenvalue weighted by Crippen LogP contribution is 2.12. The van der Waals surface area contributed by atoms with Gasteiger partial charge in [0.05, 0.1) is 12.7 Å². The minimum Gasteiger partial charge on any atom is -0.477 e. The normalized spacial score (nSPS) is 20.8. The van der Waals surface area contributed by atoms with Crippen LogP contribution in [0.3, 0.4) is 0 Å². The van der Waals surface area contributed by atoms with E-state index in [0.717, 1.165) is 38.2 Å². The minimum absolute atomic E-state index is 0.104. The quantitative estimate of drug-likeness (QED) is 0.875. The molecule has 1 aromatic rings. The lowest BCUT2D eigenvalue weighted by Gasteiger charge is -2.32. The molecule has 0 spiro atoms. The van der Waals surface area contributed by atoms with E-state index in [2.05, 4.69) is 16.8 Å². The molecule has 0 radical (unpaired) electrons. The zero-order valence-corrected chi connectivity index (χ0v) is 10.5. The van der Waals surface area contributed by atoms with E-state index in [-0.39, 0.29) is 5.69 Å². The summed E-state index contributed by atoms with van der Waals surface area (Å²) in [6.07, 6.45) is 2.85. The summed E-state index contributed by atoms with van der Waals surface area (Å²) in [5, 5.41) is 8.90. The number of aromatic nitrogens is 1. The van der Waals surface area contributed by atoms with Crippen LogP contribution >= 0.6 is 0 Å². The molecule has 2 rings (SSSR count). The maximum absolute atomic E-state index is 10.8. The molecule has 0 aromatic carbocycles.